The Morgan fingerprint density at radius 1 is 1.62 bits per heavy atom. The topological polar surface area (TPSA) is 40.5 Å². The third-order valence-corrected chi connectivity index (χ3v) is 0.955. The zero-order valence-electron chi connectivity index (χ0n) is 5.17. The van der Waals surface area contributed by atoms with Crippen LogP contribution in [-0.2, 0) is 0 Å². The van der Waals surface area contributed by atoms with E-state index in [2.05, 4.69) is 0 Å². The molecule has 0 saturated carbocycles. The molecule has 0 aromatic heterocycles. The van der Waals surface area contributed by atoms with Crippen molar-refractivity contribution in [2.24, 2.45) is 0 Å². The summed E-state index contributed by atoms with van der Waals surface area (Å²) in [5.41, 5.74) is 0. The molecule has 0 bridgehead atoms. The van der Waals surface area contributed by atoms with Gasteiger partial charge in [0.05, 0.1) is 12.7 Å². The number of unbranched alkanes of at least 4 members (excludes halogenated alkanes) is 1. The van der Waals surface area contributed by atoms with Crippen LogP contribution in [-0.4, -0.2) is 16.3 Å². The van der Waals surface area contributed by atoms with Gasteiger partial charge in [-0.3, -0.25) is 0 Å². The molecule has 1 atom stereocenters. The maximum Gasteiger partial charge on any atom is 0.0799 e. The van der Waals surface area contributed by atoms with E-state index < -0.39 is 0 Å². The van der Waals surface area contributed by atoms with Crippen LogP contribution in [0.15, 0.2) is 0 Å². The Bertz CT molecular complexity index is 43.8. The predicted molar refractivity (Wildman–Crippen MR) is 31.8 cm³/mol. The predicted octanol–water partition coefficient (Wildman–Crippen LogP) is 1.07. The minimum absolute atomic E-state index is 0.227. The molecule has 0 saturated heterocycles. The second-order valence-corrected chi connectivity index (χ2v) is 1.96. The van der Waals surface area contributed by atoms with Gasteiger partial charge in [0, 0.05) is 0 Å². The van der Waals surface area contributed by atoms with Crippen LogP contribution in [0.5, 0.6) is 0 Å². The summed E-state index contributed by atoms with van der Waals surface area (Å²) >= 11 is 0. The molecule has 8 heavy (non-hydrogen) atoms. The first-order valence-corrected chi connectivity index (χ1v) is 2.91. The highest BCUT2D eigenvalue weighted by Crippen LogP contribution is 1.99. The number of aliphatic hydroxyl groups is 2. The smallest absolute Gasteiger partial charge is 0.0799 e. The van der Waals surface area contributed by atoms with E-state index in [1.54, 1.807) is 6.92 Å². The molecular weight excluding hydrogens is 104 g/mol. The molecule has 1 radical (unpaired) electrons. The lowest BCUT2D eigenvalue weighted by atomic mass is 10.2. The molecule has 0 heterocycles. The molecule has 0 aromatic carbocycles. The SMILES string of the molecule is CC(O)CCC[CH]O. The van der Waals surface area contributed by atoms with E-state index in [1.165, 1.54) is 0 Å². The average molecular weight is 117 g/mol. The Labute approximate surface area is 50.2 Å². The first-order chi connectivity index (χ1) is 3.77. The summed E-state index contributed by atoms with van der Waals surface area (Å²) < 4.78 is 0. The van der Waals surface area contributed by atoms with Crippen LogP contribution < -0.4 is 0 Å². The molecule has 0 spiro atoms. The molecule has 0 aliphatic rings. The Balaban J connectivity index is 2.72. The fourth-order valence-electron chi connectivity index (χ4n) is 0.505. The largest absolute Gasteiger partial charge is 0.393 e. The molecule has 2 heteroatoms. The fourth-order valence-corrected chi connectivity index (χ4v) is 0.505. The van der Waals surface area contributed by atoms with Gasteiger partial charge in [-0.15, -0.1) is 0 Å². The molecule has 49 valence electrons. The van der Waals surface area contributed by atoms with Crippen molar-refractivity contribution in [3.8, 4) is 0 Å². The summed E-state index contributed by atoms with van der Waals surface area (Å²) in [6, 6.07) is 0. The molecule has 0 aliphatic heterocycles. The van der Waals surface area contributed by atoms with Gasteiger partial charge < -0.3 is 10.2 Å². The second kappa shape index (κ2) is 5.06. The van der Waals surface area contributed by atoms with E-state index >= 15 is 0 Å². The van der Waals surface area contributed by atoms with Crippen LogP contribution in [0.3, 0.4) is 0 Å². The molecular formula is C6H13O2. The number of aliphatic hydroxyl groups excluding tert-OH is 2. The summed E-state index contributed by atoms with van der Waals surface area (Å²) in [4.78, 5) is 0. The summed E-state index contributed by atoms with van der Waals surface area (Å²) in [6.45, 7) is 2.87. The molecule has 0 aromatic rings. The zero-order chi connectivity index (χ0) is 6.41. The zero-order valence-corrected chi connectivity index (χ0v) is 5.17. The molecule has 2 N–H and O–H groups in total. The summed E-state index contributed by atoms with van der Waals surface area (Å²) in [6.07, 6.45) is 2.10. The van der Waals surface area contributed by atoms with Crippen LogP contribution in [0.4, 0.5) is 0 Å². The van der Waals surface area contributed by atoms with Gasteiger partial charge >= 0.3 is 0 Å². The highest BCUT2D eigenvalue weighted by molar-refractivity contribution is 4.51. The van der Waals surface area contributed by atoms with E-state index in [0.29, 0.717) is 6.42 Å². The lowest BCUT2D eigenvalue weighted by Gasteiger charge is -1.99. The Morgan fingerprint density at radius 2 is 2.25 bits per heavy atom. The molecule has 0 fully saturated rings. The summed E-state index contributed by atoms with van der Waals surface area (Å²) in [5.74, 6) is 0. The molecule has 0 rings (SSSR count). The number of hydrogen-bond acceptors (Lipinski definition) is 2. The maximum atomic E-state index is 8.68. The van der Waals surface area contributed by atoms with Crippen LogP contribution in [0, 0.1) is 6.61 Å². The van der Waals surface area contributed by atoms with Gasteiger partial charge in [0.1, 0.15) is 0 Å². The lowest BCUT2D eigenvalue weighted by molar-refractivity contribution is 0.179. The third-order valence-electron chi connectivity index (χ3n) is 0.955. The van der Waals surface area contributed by atoms with Gasteiger partial charge in [0.2, 0.25) is 0 Å². The van der Waals surface area contributed by atoms with Crippen LogP contribution in [0.25, 0.3) is 0 Å². The standard InChI is InChI=1S/C6H13O2/c1-6(8)4-2-3-5-7/h5-8H,2-4H2,1H3. The quantitative estimate of drug-likeness (QED) is 0.541. The monoisotopic (exact) mass is 117 g/mol. The minimum Gasteiger partial charge on any atom is -0.393 e. The van der Waals surface area contributed by atoms with E-state index in [4.69, 9.17) is 10.2 Å². The van der Waals surface area contributed by atoms with E-state index in [-0.39, 0.29) is 6.10 Å². The van der Waals surface area contributed by atoms with Gasteiger partial charge in [-0.25, -0.2) is 0 Å². The van der Waals surface area contributed by atoms with Crippen LogP contribution in [0.1, 0.15) is 26.2 Å². The Kier molecular flexibility index (Phi) is 5.01. The Hall–Kier alpha value is -0.0800. The summed E-state index contributed by atoms with van der Waals surface area (Å²) in [5, 5.41) is 16.9. The van der Waals surface area contributed by atoms with Crippen molar-refractivity contribution in [2.45, 2.75) is 32.3 Å². The van der Waals surface area contributed by atoms with E-state index in [0.717, 1.165) is 19.4 Å². The normalized spacial score (nSPS) is 13.9. The van der Waals surface area contributed by atoms with Crippen molar-refractivity contribution in [2.75, 3.05) is 0 Å². The van der Waals surface area contributed by atoms with Gasteiger partial charge in [-0.05, 0) is 26.2 Å². The number of rotatable bonds is 4. The lowest BCUT2D eigenvalue weighted by Crippen LogP contribution is -1.97. The first-order valence-electron chi connectivity index (χ1n) is 2.91. The maximum absolute atomic E-state index is 8.68. The molecule has 0 amide bonds. The number of hydrogen-bond donors (Lipinski definition) is 2. The third kappa shape index (κ3) is 5.92. The second-order valence-electron chi connectivity index (χ2n) is 1.96. The van der Waals surface area contributed by atoms with Crippen LogP contribution in [0.2, 0.25) is 0 Å². The molecule has 1 unspecified atom stereocenters. The van der Waals surface area contributed by atoms with Gasteiger partial charge in [0.15, 0.2) is 0 Å². The fraction of sp³-hybridized carbons (Fsp3) is 0.833. The van der Waals surface area contributed by atoms with Crippen molar-refractivity contribution in [3.05, 3.63) is 6.61 Å². The van der Waals surface area contributed by atoms with Gasteiger partial charge in [0.25, 0.3) is 0 Å². The Morgan fingerprint density at radius 3 is 2.62 bits per heavy atom. The molecule has 0 aliphatic carbocycles. The first kappa shape index (κ1) is 7.92. The van der Waals surface area contributed by atoms with Crippen molar-refractivity contribution in [1.29, 1.82) is 0 Å². The van der Waals surface area contributed by atoms with Crippen molar-refractivity contribution < 1.29 is 10.2 Å². The minimum atomic E-state index is -0.227. The van der Waals surface area contributed by atoms with Gasteiger partial charge in [-0.2, -0.15) is 0 Å². The van der Waals surface area contributed by atoms with E-state index in [1.807, 2.05) is 0 Å². The van der Waals surface area contributed by atoms with Gasteiger partial charge in [-0.1, -0.05) is 0 Å². The highest BCUT2D eigenvalue weighted by atomic mass is 16.3. The van der Waals surface area contributed by atoms with Crippen LogP contribution >= 0.6 is 0 Å². The van der Waals surface area contributed by atoms with Crippen molar-refractivity contribution in [1.82, 2.24) is 0 Å². The van der Waals surface area contributed by atoms with E-state index in [9.17, 15) is 0 Å². The summed E-state index contributed by atoms with van der Waals surface area (Å²) in [7, 11) is 0. The average Bonchev–Trinajstić information content (AvgIpc) is 1.66. The molecule has 2 nitrogen and oxygen atoms in total. The van der Waals surface area contributed by atoms with Crippen molar-refractivity contribution in [3.63, 3.8) is 0 Å². The highest BCUT2D eigenvalue weighted by Gasteiger charge is 1.92. The van der Waals surface area contributed by atoms with Crippen molar-refractivity contribution >= 4 is 0 Å².